The molecule has 100 valence electrons. The summed E-state index contributed by atoms with van der Waals surface area (Å²) in [7, 11) is 0. The molecule has 1 atom stereocenters. The Morgan fingerprint density at radius 2 is 2.21 bits per heavy atom. The van der Waals surface area contributed by atoms with Gasteiger partial charge < -0.3 is 14.6 Å². The van der Waals surface area contributed by atoms with E-state index in [1.54, 1.807) is 25.4 Å². The van der Waals surface area contributed by atoms with Crippen LogP contribution in [0.25, 0.3) is 0 Å². The molecule has 6 heteroatoms. The number of aromatic nitrogens is 3. The number of rotatable bonds is 2. The van der Waals surface area contributed by atoms with E-state index in [-0.39, 0.29) is 5.82 Å². The van der Waals surface area contributed by atoms with Crippen molar-refractivity contribution in [3.05, 3.63) is 41.7 Å². The molecule has 3 rings (SSSR count). The standard InChI is InChI=1S/C13H15FN4O/c1-9(19)10-2-3-12(11(14)6-10)17-4-5-18-8-15-16-13(18)7-17/h2-3,6,8-9,19H,4-5,7H2,1H3. The molecule has 2 heterocycles. The molecule has 0 radical (unpaired) electrons. The molecule has 0 amide bonds. The van der Waals surface area contributed by atoms with Gasteiger partial charge in [-0.05, 0) is 24.6 Å². The lowest BCUT2D eigenvalue weighted by atomic mass is 10.1. The van der Waals surface area contributed by atoms with Crippen LogP contribution in [0.15, 0.2) is 24.5 Å². The number of halogens is 1. The molecule has 19 heavy (non-hydrogen) atoms. The summed E-state index contributed by atoms with van der Waals surface area (Å²) in [6.07, 6.45) is 1.03. The lowest BCUT2D eigenvalue weighted by Gasteiger charge is -2.29. The predicted molar refractivity (Wildman–Crippen MR) is 68.1 cm³/mol. The van der Waals surface area contributed by atoms with Crippen molar-refractivity contribution in [2.24, 2.45) is 0 Å². The van der Waals surface area contributed by atoms with E-state index in [4.69, 9.17) is 0 Å². The second-order valence-corrected chi connectivity index (χ2v) is 4.75. The molecule has 0 fully saturated rings. The van der Waals surface area contributed by atoms with Crippen LogP contribution in [-0.4, -0.2) is 26.4 Å². The summed E-state index contributed by atoms with van der Waals surface area (Å²) in [5.41, 5.74) is 1.13. The molecule has 2 aromatic rings. The highest BCUT2D eigenvalue weighted by molar-refractivity contribution is 5.50. The van der Waals surface area contributed by atoms with Gasteiger partial charge in [0.15, 0.2) is 5.82 Å². The van der Waals surface area contributed by atoms with Gasteiger partial charge in [-0.3, -0.25) is 0 Å². The van der Waals surface area contributed by atoms with E-state index in [0.29, 0.717) is 17.8 Å². The van der Waals surface area contributed by atoms with Gasteiger partial charge in [-0.15, -0.1) is 10.2 Å². The minimum Gasteiger partial charge on any atom is -0.389 e. The summed E-state index contributed by atoms with van der Waals surface area (Å²) in [5.74, 6) is 0.525. The summed E-state index contributed by atoms with van der Waals surface area (Å²) in [5, 5.41) is 17.3. The average Bonchev–Trinajstić information content (AvgIpc) is 2.85. The van der Waals surface area contributed by atoms with Gasteiger partial charge in [0.2, 0.25) is 0 Å². The number of benzene rings is 1. The quantitative estimate of drug-likeness (QED) is 0.891. The molecule has 1 aliphatic rings. The Morgan fingerprint density at radius 3 is 2.95 bits per heavy atom. The van der Waals surface area contributed by atoms with E-state index in [1.807, 2.05) is 9.47 Å². The van der Waals surface area contributed by atoms with Crippen LogP contribution in [0.3, 0.4) is 0 Å². The van der Waals surface area contributed by atoms with E-state index in [9.17, 15) is 9.50 Å². The Balaban J connectivity index is 1.88. The zero-order valence-electron chi connectivity index (χ0n) is 10.6. The van der Waals surface area contributed by atoms with Crippen molar-refractivity contribution in [2.45, 2.75) is 26.1 Å². The van der Waals surface area contributed by atoms with E-state index in [1.165, 1.54) is 6.07 Å². The summed E-state index contributed by atoms with van der Waals surface area (Å²) in [6, 6.07) is 4.85. The molecule has 1 N–H and O–H groups in total. The smallest absolute Gasteiger partial charge is 0.152 e. The van der Waals surface area contributed by atoms with Crippen LogP contribution in [0.2, 0.25) is 0 Å². The van der Waals surface area contributed by atoms with Gasteiger partial charge in [0.25, 0.3) is 0 Å². The van der Waals surface area contributed by atoms with Gasteiger partial charge in [0.05, 0.1) is 18.3 Å². The van der Waals surface area contributed by atoms with Crippen molar-refractivity contribution in [1.82, 2.24) is 14.8 Å². The summed E-state index contributed by atoms with van der Waals surface area (Å²) >= 11 is 0. The maximum Gasteiger partial charge on any atom is 0.152 e. The number of hydrogen-bond acceptors (Lipinski definition) is 4. The minimum absolute atomic E-state index is 0.314. The lowest BCUT2D eigenvalue weighted by Crippen LogP contribution is -2.34. The zero-order valence-corrected chi connectivity index (χ0v) is 10.6. The number of fused-ring (bicyclic) bond motifs is 1. The molecule has 0 saturated heterocycles. The number of hydrogen-bond donors (Lipinski definition) is 1. The molecule has 5 nitrogen and oxygen atoms in total. The third kappa shape index (κ3) is 2.19. The number of aliphatic hydroxyl groups excluding tert-OH is 1. The topological polar surface area (TPSA) is 54.2 Å². The number of aliphatic hydroxyl groups is 1. The largest absolute Gasteiger partial charge is 0.389 e. The second kappa shape index (κ2) is 4.62. The molecule has 0 bridgehead atoms. The fourth-order valence-corrected chi connectivity index (χ4v) is 2.31. The summed E-state index contributed by atoms with van der Waals surface area (Å²) in [6.45, 7) is 3.64. The highest BCUT2D eigenvalue weighted by Crippen LogP contribution is 2.26. The fourth-order valence-electron chi connectivity index (χ4n) is 2.31. The van der Waals surface area contributed by atoms with Gasteiger partial charge in [-0.2, -0.15) is 0 Å². The molecule has 0 spiro atoms. The first kappa shape index (κ1) is 12.1. The summed E-state index contributed by atoms with van der Waals surface area (Å²) < 4.78 is 16.1. The van der Waals surface area contributed by atoms with Crippen LogP contribution >= 0.6 is 0 Å². The van der Waals surface area contributed by atoms with Crippen molar-refractivity contribution in [3.63, 3.8) is 0 Å². The van der Waals surface area contributed by atoms with Crippen LogP contribution < -0.4 is 4.90 Å². The fraction of sp³-hybridized carbons (Fsp3) is 0.385. The molecular formula is C13H15FN4O. The Hall–Kier alpha value is -1.95. The predicted octanol–water partition coefficient (Wildman–Crippen LogP) is 1.49. The Bertz CT molecular complexity index is 596. The number of nitrogens with zero attached hydrogens (tertiary/aromatic N) is 4. The first-order chi connectivity index (χ1) is 9.15. The van der Waals surface area contributed by atoms with Crippen molar-refractivity contribution in [3.8, 4) is 0 Å². The molecule has 1 aromatic carbocycles. The molecule has 1 unspecified atom stereocenters. The van der Waals surface area contributed by atoms with Gasteiger partial charge >= 0.3 is 0 Å². The van der Waals surface area contributed by atoms with Crippen molar-refractivity contribution >= 4 is 5.69 Å². The van der Waals surface area contributed by atoms with Crippen molar-refractivity contribution < 1.29 is 9.50 Å². The molecule has 0 saturated carbocycles. The minimum atomic E-state index is -0.659. The van der Waals surface area contributed by atoms with Gasteiger partial charge in [0, 0.05) is 13.1 Å². The highest BCUT2D eigenvalue weighted by atomic mass is 19.1. The first-order valence-corrected chi connectivity index (χ1v) is 6.24. The maximum atomic E-state index is 14.1. The molecular weight excluding hydrogens is 247 g/mol. The third-order valence-electron chi connectivity index (χ3n) is 3.43. The highest BCUT2D eigenvalue weighted by Gasteiger charge is 2.20. The Labute approximate surface area is 110 Å². The summed E-state index contributed by atoms with van der Waals surface area (Å²) in [4.78, 5) is 1.94. The third-order valence-corrected chi connectivity index (χ3v) is 3.43. The average molecular weight is 262 g/mol. The molecule has 1 aromatic heterocycles. The second-order valence-electron chi connectivity index (χ2n) is 4.75. The first-order valence-electron chi connectivity index (χ1n) is 6.24. The van der Waals surface area contributed by atoms with E-state index >= 15 is 0 Å². The van der Waals surface area contributed by atoms with Gasteiger partial charge in [-0.25, -0.2) is 4.39 Å². The van der Waals surface area contributed by atoms with Gasteiger partial charge in [0.1, 0.15) is 12.1 Å². The van der Waals surface area contributed by atoms with Crippen molar-refractivity contribution in [2.75, 3.05) is 11.4 Å². The van der Waals surface area contributed by atoms with Crippen LogP contribution in [0, 0.1) is 5.82 Å². The molecule has 0 aliphatic carbocycles. The lowest BCUT2D eigenvalue weighted by molar-refractivity contribution is 0.199. The Kier molecular flexibility index (Phi) is 2.94. The van der Waals surface area contributed by atoms with Crippen LogP contribution in [-0.2, 0) is 13.1 Å². The maximum absolute atomic E-state index is 14.1. The van der Waals surface area contributed by atoms with Crippen molar-refractivity contribution in [1.29, 1.82) is 0 Å². The van der Waals surface area contributed by atoms with Crippen LogP contribution in [0.1, 0.15) is 24.4 Å². The van der Waals surface area contributed by atoms with Crippen LogP contribution in [0.5, 0.6) is 0 Å². The van der Waals surface area contributed by atoms with E-state index in [2.05, 4.69) is 10.2 Å². The molecule has 1 aliphatic heterocycles. The SMILES string of the molecule is CC(O)c1ccc(N2CCn3cnnc3C2)c(F)c1. The van der Waals surface area contributed by atoms with E-state index in [0.717, 1.165) is 18.9 Å². The normalized spacial score (nSPS) is 16.3. The number of anilines is 1. The Morgan fingerprint density at radius 1 is 1.37 bits per heavy atom. The van der Waals surface area contributed by atoms with Crippen LogP contribution in [0.4, 0.5) is 10.1 Å². The van der Waals surface area contributed by atoms with Gasteiger partial charge in [-0.1, -0.05) is 6.07 Å². The van der Waals surface area contributed by atoms with E-state index < -0.39 is 6.10 Å². The zero-order chi connectivity index (χ0) is 13.4. The monoisotopic (exact) mass is 262 g/mol.